The second-order valence-corrected chi connectivity index (χ2v) is 4.39. The number of halogens is 1. The summed E-state index contributed by atoms with van der Waals surface area (Å²) in [5, 5.41) is 8.82. The molecule has 19 heavy (non-hydrogen) atoms. The number of nitrogens with zero attached hydrogens (tertiary/aromatic N) is 2. The summed E-state index contributed by atoms with van der Waals surface area (Å²) < 4.78 is 13.5. The highest BCUT2D eigenvalue weighted by molar-refractivity contribution is 6.01. The lowest BCUT2D eigenvalue weighted by molar-refractivity contribution is 0.101. The first-order valence-corrected chi connectivity index (χ1v) is 5.76. The zero-order valence-electron chi connectivity index (χ0n) is 10.6. The number of carbonyl (C=O) groups excluding carboxylic acids is 1. The van der Waals surface area contributed by atoms with E-state index in [-0.39, 0.29) is 17.4 Å². The normalized spacial score (nSPS) is 10.7. The first-order chi connectivity index (χ1) is 8.97. The fourth-order valence-electron chi connectivity index (χ4n) is 1.45. The summed E-state index contributed by atoms with van der Waals surface area (Å²) in [4.78, 5) is 15.9. The predicted molar refractivity (Wildman–Crippen MR) is 69.2 cm³/mol. The van der Waals surface area contributed by atoms with E-state index in [1.54, 1.807) is 0 Å². The number of rotatable bonds is 3. The van der Waals surface area contributed by atoms with Crippen LogP contribution in [-0.2, 0) is 0 Å². The van der Waals surface area contributed by atoms with Gasteiger partial charge in [0.05, 0.1) is 5.69 Å². The molecule has 0 aliphatic heterocycles. The molecule has 0 spiro atoms. The third kappa shape index (κ3) is 2.87. The van der Waals surface area contributed by atoms with E-state index < -0.39 is 11.7 Å². The Kier molecular flexibility index (Phi) is 3.46. The monoisotopic (exact) mass is 263 g/mol. The van der Waals surface area contributed by atoms with Gasteiger partial charge in [-0.1, -0.05) is 13.8 Å². The molecule has 0 aliphatic carbocycles. The van der Waals surface area contributed by atoms with Crippen molar-refractivity contribution in [2.24, 2.45) is 0 Å². The fraction of sp³-hybridized carbons (Fsp3) is 0.250. The van der Waals surface area contributed by atoms with Crippen molar-refractivity contribution in [3.05, 3.63) is 35.7 Å². The zero-order valence-corrected chi connectivity index (χ0v) is 10.6. The van der Waals surface area contributed by atoms with Gasteiger partial charge in [-0.2, -0.15) is 0 Å². The summed E-state index contributed by atoms with van der Waals surface area (Å²) in [6.07, 6.45) is 0. The Bertz CT molecular complexity index is 608. The molecule has 100 valence electrons. The van der Waals surface area contributed by atoms with Crippen LogP contribution in [0.15, 0.2) is 18.2 Å². The van der Waals surface area contributed by atoms with E-state index in [4.69, 9.17) is 5.73 Å². The van der Waals surface area contributed by atoms with Crippen molar-refractivity contribution >= 4 is 17.3 Å². The predicted octanol–water partition coefficient (Wildman–Crippen LogP) is 1.90. The molecule has 4 N–H and O–H groups in total. The quantitative estimate of drug-likeness (QED) is 0.737. The van der Waals surface area contributed by atoms with Gasteiger partial charge in [0.2, 0.25) is 5.82 Å². The van der Waals surface area contributed by atoms with Crippen molar-refractivity contribution in [1.82, 2.24) is 15.2 Å². The van der Waals surface area contributed by atoms with Gasteiger partial charge in [0.15, 0.2) is 0 Å². The van der Waals surface area contributed by atoms with E-state index in [0.717, 1.165) is 0 Å². The van der Waals surface area contributed by atoms with Crippen LogP contribution < -0.4 is 11.1 Å². The van der Waals surface area contributed by atoms with Crippen LogP contribution in [-0.4, -0.2) is 21.1 Å². The molecule has 0 radical (unpaired) electrons. The minimum absolute atomic E-state index is 0.000830. The van der Waals surface area contributed by atoms with Crippen molar-refractivity contribution < 1.29 is 9.18 Å². The molecule has 2 aromatic rings. The minimum atomic E-state index is -0.590. The fourth-order valence-corrected chi connectivity index (χ4v) is 1.45. The molecule has 6 nitrogen and oxygen atoms in total. The lowest BCUT2D eigenvalue weighted by Gasteiger charge is -2.04. The number of carbonyl (C=O) groups is 1. The van der Waals surface area contributed by atoms with E-state index in [9.17, 15) is 9.18 Å². The molecule has 1 heterocycles. The van der Waals surface area contributed by atoms with E-state index in [1.807, 2.05) is 13.8 Å². The molecule has 0 fully saturated rings. The lowest BCUT2D eigenvalue weighted by atomic mass is 10.2. The van der Waals surface area contributed by atoms with Crippen LogP contribution >= 0.6 is 0 Å². The smallest absolute Gasteiger partial charge is 0.295 e. The molecular formula is C12H14FN5O. The maximum absolute atomic E-state index is 13.5. The van der Waals surface area contributed by atoms with Crippen LogP contribution in [0.1, 0.15) is 36.2 Å². The zero-order chi connectivity index (χ0) is 14.0. The van der Waals surface area contributed by atoms with Crippen molar-refractivity contribution in [3.8, 4) is 0 Å². The van der Waals surface area contributed by atoms with Crippen molar-refractivity contribution in [3.63, 3.8) is 0 Å². The molecule has 0 atom stereocenters. The van der Waals surface area contributed by atoms with Gasteiger partial charge in [-0.3, -0.25) is 9.89 Å². The van der Waals surface area contributed by atoms with Crippen LogP contribution in [0.5, 0.6) is 0 Å². The van der Waals surface area contributed by atoms with E-state index in [1.165, 1.54) is 18.2 Å². The van der Waals surface area contributed by atoms with Gasteiger partial charge in [0.1, 0.15) is 11.6 Å². The van der Waals surface area contributed by atoms with Crippen molar-refractivity contribution in [2.75, 3.05) is 11.1 Å². The number of amides is 1. The Balaban J connectivity index is 2.18. The van der Waals surface area contributed by atoms with Gasteiger partial charge >= 0.3 is 0 Å². The van der Waals surface area contributed by atoms with Gasteiger partial charge in [-0.25, -0.2) is 9.37 Å². The molecule has 1 aromatic heterocycles. The van der Waals surface area contributed by atoms with Gasteiger partial charge < -0.3 is 11.1 Å². The van der Waals surface area contributed by atoms with Gasteiger partial charge in [0, 0.05) is 11.6 Å². The molecular weight excluding hydrogens is 249 g/mol. The first-order valence-electron chi connectivity index (χ1n) is 5.76. The Morgan fingerprint density at radius 1 is 1.47 bits per heavy atom. The van der Waals surface area contributed by atoms with Gasteiger partial charge in [0.25, 0.3) is 5.91 Å². The Hall–Kier alpha value is -2.44. The van der Waals surface area contributed by atoms with Crippen LogP contribution in [0.25, 0.3) is 0 Å². The average molecular weight is 263 g/mol. The number of nitrogen functional groups attached to an aromatic ring is 1. The Labute approximate surface area is 109 Å². The molecule has 2 rings (SSSR count). The van der Waals surface area contributed by atoms with Crippen LogP contribution in [0.3, 0.4) is 0 Å². The number of anilines is 2. The first kappa shape index (κ1) is 13.0. The number of benzene rings is 1. The summed E-state index contributed by atoms with van der Waals surface area (Å²) >= 11 is 0. The molecule has 0 saturated heterocycles. The van der Waals surface area contributed by atoms with Crippen LogP contribution in [0.2, 0.25) is 0 Å². The molecule has 0 saturated carbocycles. The maximum atomic E-state index is 13.5. The number of H-pyrrole nitrogens is 1. The average Bonchev–Trinajstić information content (AvgIpc) is 2.83. The number of hydrogen-bond acceptors (Lipinski definition) is 4. The van der Waals surface area contributed by atoms with Gasteiger partial charge in [-0.05, 0) is 18.2 Å². The number of aromatic nitrogens is 3. The summed E-state index contributed by atoms with van der Waals surface area (Å²) in [5.41, 5.74) is 5.89. The topological polar surface area (TPSA) is 96.7 Å². The number of aromatic amines is 1. The van der Waals surface area contributed by atoms with Gasteiger partial charge in [-0.15, -0.1) is 5.10 Å². The van der Waals surface area contributed by atoms with Crippen LogP contribution in [0, 0.1) is 5.82 Å². The van der Waals surface area contributed by atoms with E-state index in [2.05, 4.69) is 20.5 Å². The standard InChI is InChI=1S/C12H14FN5O/c1-6(2)10-16-11(18-17-10)12(19)15-9-5-7(14)3-4-8(9)13/h3-6H,14H2,1-2H3,(H,15,19)(H,16,17,18). The molecule has 1 aromatic carbocycles. The van der Waals surface area contributed by atoms with E-state index in [0.29, 0.717) is 11.5 Å². The number of hydrogen-bond donors (Lipinski definition) is 3. The van der Waals surface area contributed by atoms with Crippen molar-refractivity contribution in [2.45, 2.75) is 19.8 Å². The molecule has 0 bridgehead atoms. The molecule has 7 heteroatoms. The largest absolute Gasteiger partial charge is 0.399 e. The SMILES string of the molecule is CC(C)c1nc(C(=O)Nc2cc(N)ccc2F)n[nH]1. The summed E-state index contributed by atoms with van der Waals surface area (Å²) in [5.74, 6) is -0.475. The third-order valence-electron chi connectivity index (χ3n) is 2.49. The maximum Gasteiger partial charge on any atom is 0.295 e. The summed E-state index contributed by atoms with van der Waals surface area (Å²) in [6, 6.07) is 3.93. The van der Waals surface area contributed by atoms with Crippen molar-refractivity contribution in [1.29, 1.82) is 0 Å². The van der Waals surface area contributed by atoms with Crippen LogP contribution in [0.4, 0.5) is 15.8 Å². The highest BCUT2D eigenvalue weighted by Crippen LogP contribution is 2.18. The Morgan fingerprint density at radius 2 is 2.21 bits per heavy atom. The summed E-state index contributed by atoms with van der Waals surface area (Å²) in [7, 11) is 0. The molecule has 1 amide bonds. The Morgan fingerprint density at radius 3 is 2.84 bits per heavy atom. The third-order valence-corrected chi connectivity index (χ3v) is 2.49. The summed E-state index contributed by atoms with van der Waals surface area (Å²) in [6.45, 7) is 3.83. The van der Waals surface area contributed by atoms with E-state index >= 15 is 0 Å². The highest BCUT2D eigenvalue weighted by Gasteiger charge is 2.15. The lowest BCUT2D eigenvalue weighted by Crippen LogP contribution is -2.15. The number of nitrogens with one attached hydrogen (secondary N) is 2. The minimum Gasteiger partial charge on any atom is -0.399 e. The number of nitrogens with two attached hydrogens (primary N) is 1. The highest BCUT2D eigenvalue weighted by atomic mass is 19.1. The second-order valence-electron chi connectivity index (χ2n) is 4.39. The molecule has 0 aliphatic rings. The second kappa shape index (κ2) is 5.05. The molecule has 0 unspecified atom stereocenters.